The number of methoxy groups -OCH3 is 1. The van der Waals surface area contributed by atoms with E-state index in [1.54, 1.807) is 38.1 Å². The minimum absolute atomic E-state index is 0.0417. The number of ether oxygens (including phenoxy) is 7. The van der Waals surface area contributed by atoms with Gasteiger partial charge in [0.1, 0.15) is 78.4 Å². The van der Waals surface area contributed by atoms with Crippen LogP contribution >= 0.6 is 65.8 Å². The number of nitrogens with one attached hydrogen (secondary N) is 8. The summed E-state index contributed by atoms with van der Waals surface area (Å²) in [6.45, 7) is 22.5. The van der Waals surface area contributed by atoms with Crippen LogP contribution in [0.25, 0.3) is 0 Å². The second-order valence-electron chi connectivity index (χ2n) is 42.3. The first-order valence-corrected chi connectivity index (χ1v) is 67.8. The van der Waals surface area contributed by atoms with Crippen LogP contribution in [0.1, 0.15) is 130 Å². The van der Waals surface area contributed by atoms with Crippen molar-refractivity contribution in [1.29, 1.82) is 0 Å². The Kier molecular flexibility index (Phi) is 48.0. The van der Waals surface area contributed by atoms with Crippen LogP contribution in [0.3, 0.4) is 0 Å². The number of Topliss-reactive ketones (excluding diaryl/α,β-unsaturated/α-hetero) is 3. The third-order valence-electron chi connectivity index (χ3n) is 24.6. The van der Waals surface area contributed by atoms with Crippen molar-refractivity contribution in [3.8, 4) is 0 Å². The molecule has 148 heavy (non-hydrogen) atoms. The van der Waals surface area contributed by atoms with Gasteiger partial charge in [-0.05, 0) is 189 Å². The van der Waals surface area contributed by atoms with Gasteiger partial charge in [-0.15, -0.1) is 65.9 Å². The maximum atomic E-state index is 12.3. The molecule has 833 valence electrons. The fourth-order valence-electron chi connectivity index (χ4n) is 16.7. The molecule has 6 aromatic heterocycles. The van der Waals surface area contributed by atoms with Crippen molar-refractivity contribution in [2.24, 2.45) is 0 Å². The minimum atomic E-state index is -1.32. The quantitative estimate of drug-likeness (QED) is 0.0114. The number of H-pyrrole nitrogens is 5. The van der Waals surface area contributed by atoms with Crippen molar-refractivity contribution in [2.45, 2.75) is 245 Å². The van der Waals surface area contributed by atoms with Gasteiger partial charge < -0.3 is 85.0 Å². The summed E-state index contributed by atoms with van der Waals surface area (Å²) >= 11 is 13.1. The molecule has 19 N–H and O–H groups in total. The molecule has 6 aliphatic rings. The fourth-order valence-corrected chi connectivity index (χ4v) is 23.4. The van der Waals surface area contributed by atoms with E-state index in [4.69, 9.17) is 57.6 Å². The summed E-state index contributed by atoms with van der Waals surface area (Å²) in [4.78, 5) is 157. The van der Waals surface area contributed by atoms with Crippen LogP contribution in [0.5, 0.6) is 0 Å². The fraction of sp³-hybridized carbons (Fsp3) is 0.649. The molecule has 6 aliphatic heterocycles. The predicted molar refractivity (Wildman–Crippen MR) is 594 cm³/mol. The average molecular weight is 2300 g/mol. The molecule has 0 saturated carbocycles. The van der Waals surface area contributed by atoms with E-state index in [2.05, 4.69) is 180 Å². The average Bonchev–Trinajstić information content (AvgIpc) is 1.66. The first-order valence-electron chi connectivity index (χ1n) is 47.8. The van der Waals surface area contributed by atoms with E-state index >= 15 is 0 Å². The van der Waals surface area contributed by atoms with E-state index in [9.17, 15) is 114 Å². The molecule has 45 nitrogen and oxygen atoms in total. The molecular formula is C94H154N15O30P6S2Se. The summed E-state index contributed by atoms with van der Waals surface area (Å²) < 4.78 is 48.6. The Bertz CT molecular complexity index is 6360. The zero-order valence-corrected chi connectivity index (χ0v) is 96.2. The van der Waals surface area contributed by atoms with Crippen LogP contribution in [0.15, 0.2) is 80.3 Å². The number of hydrogen-bond acceptors (Lipinski definition) is 36. The molecule has 6 saturated heterocycles. The normalized spacial score (nSPS) is 27.0. The summed E-state index contributed by atoms with van der Waals surface area (Å²) in [6.07, 6.45) is 19.9. The number of aromatic amines is 5. The molecule has 24 atom stereocenters. The zero-order chi connectivity index (χ0) is 112. The van der Waals surface area contributed by atoms with E-state index in [1.165, 1.54) is 66.4 Å². The Labute approximate surface area is 877 Å². The van der Waals surface area contributed by atoms with E-state index in [-0.39, 0.29) is 80.5 Å². The Morgan fingerprint density at radius 2 is 0.554 bits per heavy atom. The second-order valence-corrected chi connectivity index (χ2v) is 69.7. The molecule has 0 aromatic carbocycles. The standard InChI is InChI=1S/C17H27N2O6P.C16H25N2O6P.C16H25N2O5PS.C15H26N3O5P.C15H26N3O4PS.C15H25N3O4PSe/c1-10(20)8-11-9-19(17(23)18-15(11)22)16-14(24-2)13(21)12(25-16)6-7-26(3,4)5;1-9(19)7-10-8-18(16(23)17-14(10)22)15-13(21)12(20)11(24-15)5-6-25(2,3)4;1-9(19)7-10-8-18(16(25)17-14(10)22)15-13(21)12(20)11(23-15)5-6-24(2,3)4;1-16-7-9-8-18(15(22)17-13(9)21)14-12(20)11(19)10(23-14)5-6-24(2,3)4;2*1-16-7-9-8-18(15(24)17-13(9)21)14-12(20)11(19)10(22-14)5-6-23(2,3)4/h9,12-14,16,21H,3,6-8H2,1-2,4-5H3,(H,18,22,23);8,11-13,15,20-21H,2,5-7H2,1,3-4H3,(H,17,22,23);8,11-13,15,20-21H,2,5-7H2,1,3-4H3,(H,17,22,25);8,10-12,14,16,19-20H,2,5-7H2,1,3-4H3,(H,17,21,22);8,10-12,14,16,19-20H,2,5-7H2,1,3-4H3,(H,17,21,24);8,10-12,14,16,19-20H,2,5-7H2,1,3-4H3/t12-,13-,14-,16-;2*11-,12-,13-,15-;3*10-,11-,12-,14-/m111111/s1. The molecular weight excluding hydrogens is 2150 g/mol. The number of rotatable bonds is 37. The van der Waals surface area contributed by atoms with Crippen molar-refractivity contribution in [2.75, 3.05) is 145 Å². The van der Waals surface area contributed by atoms with Gasteiger partial charge in [-0.3, -0.25) is 86.1 Å². The number of carbonyl (C=O) groups is 3. The summed E-state index contributed by atoms with van der Waals surface area (Å²) in [6, 6.07) is 0. The van der Waals surface area contributed by atoms with Gasteiger partial charge in [-0.1, -0.05) is 0 Å². The summed E-state index contributed by atoms with van der Waals surface area (Å²) in [5, 5.41) is 122. The van der Waals surface area contributed by atoms with Gasteiger partial charge in [0.05, 0.1) is 30.5 Å². The molecule has 0 amide bonds. The Balaban J connectivity index is 0.000000240. The number of aliphatic hydroxyl groups is 11. The number of aromatic nitrogens is 12. The van der Waals surface area contributed by atoms with Crippen LogP contribution in [0, 0.1) is 9.54 Å². The number of ketones is 3. The van der Waals surface area contributed by atoms with E-state index in [0.717, 1.165) is 46.1 Å². The summed E-state index contributed by atoms with van der Waals surface area (Å²) in [5.74, 6) is -0.597. The molecule has 0 aliphatic carbocycles. The van der Waals surface area contributed by atoms with Crippen molar-refractivity contribution >= 4 is 142 Å². The summed E-state index contributed by atoms with van der Waals surface area (Å²) in [7, 11) is 6.58. The monoisotopic (exact) mass is 2300 g/mol. The van der Waals surface area contributed by atoms with Gasteiger partial charge >= 0.3 is 167 Å². The van der Waals surface area contributed by atoms with Crippen molar-refractivity contribution in [3.63, 3.8) is 0 Å². The van der Waals surface area contributed by atoms with Gasteiger partial charge in [0.2, 0.25) is 0 Å². The van der Waals surface area contributed by atoms with Crippen LogP contribution in [-0.2, 0) is 86.4 Å². The van der Waals surface area contributed by atoms with Gasteiger partial charge in [-0.2, -0.15) is 0 Å². The second kappa shape index (κ2) is 55.3. The number of nitrogens with zero attached hydrogens (tertiary/aromatic N) is 7. The third kappa shape index (κ3) is 37.2. The van der Waals surface area contributed by atoms with Gasteiger partial charge in [0, 0.05) is 98.3 Å². The van der Waals surface area contributed by atoms with E-state index < -0.39 is 228 Å². The first kappa shape index (κ1) is 128. The Hall–Kier alpha value is -6.39. The molecule has 6 aromatic rings. The molecule has 0 bridgehead atoms. The maximum absolute atomic E-state index is 12.3. The Morgan fingerprint density at radius 3 is 0.824 bits per heavy atom. The van der Waals surface area contributed by atoms with Crippen LogP contribution < -0.4 is 71.1 Å². The van der Waals surface area contributed by atoms with Gasteiger partial charge in [0.15, 0.2) is 40.7 Å². The molecule has 6 fully saturated rings. The van der Waals surface area contributed by atoms with E-state index in [1.807, 2.05) is 0 Å². The molecule has 12 rings (SSSR count). The molecule has 1 radical (unpaired) electrons. The predicted octanol–water partition coefficient (Wildman–Crippen LogP) is -2.02. The molecule has 54 heteroatoms. The van der Waals surface area contributed by atoms with Crippen LogP contribution in [0.2, 0.25) is 0 Å². The molecule has 12 heterocycles. The van der Waals surface area contributed by atoms with Crippen molar-refractivity contribution < 1.29 is 104 Å². The van der Waals surface area contributed by atoms with Gasteiger partial charge in [-0.25, -0.2) is 14.4 Å². The topological polar surface area (TPSA) is 649 Å². The Morgan fingerprint density at radius 1 is 0.345 bits per heavy atom. The zero-order valence-electron chi connectivity index (χ0n) is 87.5. The summed E-state index contributed by atoms with van der Waals surface area (Å²) in [5.41, 5.74) is -3.12. The number of hydrogen-bond donors (Lipinski definition) is 19. The van der Waals surface area contributed by atoms with Crippen LogP contribution in [0.4, 0.5) is 0 Å². The molecule has 0 spiro atoms. The van der Waals surface area contributed by atoms with Crippen LogP contribution in [-0.4, -0.2) is 440 Å². The molecule has 0 unspecified atom stereocenters. The van der Waals surface area contributed by atoms with Gasteiger partial charge in [0.25, 0.3) is 27.8 Å². The van der Waals surface area contributed by atoms with E-state index in [0.29, 0.717) is 73.0 Å². The number of carbonyl (C=O) groups excluding carboxylic acids is 3. The van der Waals surface area contributed by atoms with Crippen molar-refractivity contribution in [3.05, 3.63) is 174 Å². The van der Waals surface area contributed by atoms with Crippen molar-refractivity contribution in [1.82, 2.24) is 73.3 Å². The number of aliphatic hydroxyl groups excluding tert-OH is 11. The third-order valence-corrected chi connectivity index (χ3v) is 34.7. The SMILES string of the molecule is C=P(C)(C)CC[C@H]1O[C@@H](n2cc(CC(C)=O)c(=O)[nH]c2=O)[C@H](O)[C@@H]1O.C=P(C)(C)CC[C@H]1O[C@@H](n2cc(CC(C)=O)c(=O)[nH]c2=O)[C@H](OC)[C@@H]1O.C=P(C)(C)CC[C@H]1O[C@@H](n2cc(CC(C)=O)c(=O)[nH]c2=S)[C@H](O)[C@@H]1O.C=P(C)(C)CC[C@H]1O[C@@H](n2cc(CNC)c(=O)[nH]c2=O)[C@H](O)[C@@H]1O.C=P(C)(C)CC[C@H]1O[C@@H](n2cc(CNC)c(=O)[nH]c2=S)[C@H](O)[C@@H]1O.C=P(C)(C)CC[C@H]1O[C@@H](n2cc(CNC)c(=O)nc2[Se])[C@H](O)[C@@H]1O. The first-order chi connectivity index (χ1) is 68.4.